The Kier molecular flexibility index (Phi) is 6.65. The first-order chi connectivity index (χ1) is 23.2. The number of thiazole rings is 1. The molecule has 2 heterocycles. The predicted molar refractivity (Wildman–Crippen MR) is 197 cm³/mol. The van der Waals surface area contributed by atoms with Crippen LogP contribution in [0, 0.1) is 0 Å². The summed E-state index contributed by atoms with van der Waals surface area (Å²) in [5.41, 5.74) is 9.33. The largest absolute Gasteiger partial charge is 0.235 e. The number of hydrogen-bond donors (Lipinski definition) is 0. The minimum absolute atomic E-state index is 0.701. The van der Waals surface area contributed by atoms with Crippen molar-refractivity contribution in [3.05, 3.63) is 164 Å². The van der Waals surface area contributed by atoms with Crippen molar-refractivity contribution >= 4 is 43.1 Å². The highest BCUT2D eigenvalue weighted by Gasteiger charge is 2.14. The monoisotopic (exact) mass is 617 g/mol. The summed E-state index contributed by atoms with van der Waals surface area (Å²) in [6.45, 7) is 0. The number of rotatable bonds is 5. The first-order valence-electron chi connectivity index (χ1n) is 15.7. The normalized spacial score (nSPS) is 11.4. The Morgan fingerprint density at radius 2 is 0.979 bits per heavy atom. The van der Waals surface area contributed by atoms with Crippen LogP contribution < -0.4 is 0 Å². The summed E-state index contributed by atoms with van der Waals surface area (Å²) in [5.74, 6) is 0.701. The SMILES string of the molecule is c1ccc(-c2cc(-c3ccc4ccccc4c3)nc(-c3cccc(-c4ccc5ccc6sc(-c7ccccc7)nc6c5c4)c3)n2)cc1. The van der Waals surface area contributed by atoms with Gasteiger partial charge in [0.15, 0.2) is 5.82 Å². The van der Waals surface area contributed by atoms with Gasteiger partial charge in [0, 0.05) is 27.6 Å². The van der Waals surface area contributed by atoms with Gasteiger partial charge in [-0.2, -0.15) is 0 Å². The van der Waals surface area contributed by atoms with Crippen molar-refractivity contribution in [2.45, 2.75) is 0 Å². The predicted octanol–water partition coefficient (Wildman–Crippen LogP) is 11.7. The molecule has 4 heteroatoms. The molecule has 0 aliphatic heterocycles. The Hall–Kier alpha value is -5.97. The maximum atomic E-state index is 5.14. The minimum Gasteiger partial charge on any atom is -0.235 e. The third kappa shape index (κ3) is 5.15. The zero-order valence-corrected chi connectivity index (χ0v) is 26.2. The zero-order chi connectivity index (χ0) is 31.2. The Morgan fingerprint density at radius 3 is 1.81 bits per heavy atom. The van der Waals surface area contributed by atoms with Gasteiger partial charge in [-0.3, -0.25) is 0 Å². The summed E-state index contributed by atoms with van der Waals surface area (Å²) in [6, 6.07) is 57.4. The Morgan fingerprint density at radius 1 is 0.362 bits per heavy atom. The molecular formula is C43H27N3S. The van der Waals surface area contributed by atoms with Crippen LogP contribution in [0.4, 0.5) is 0 Å². The molecule has 0 amide bonds. The molecule has 220 valence electrons. The third-order valence-corrected chi connectivity index (χ3v) is 9.76. The molecular weight excluding hydrogens is 591 g/mol. The lowest BCUT2D eigenvalue weighted by Gasteiger charge is -2.11. The molecule has 0 fully saturated rings. The number of fused-ring (bicyclic) bond motifs is 4. The quantitative estimate of drug-likeness (QED) is 0.193. The van der Waals surface area contributed by atoms with Gasteiger partial charge in [-0.15, -0.1) is 11.3 Å². The summed E-state index contributed by atoms with van der Waals surface area (Å²) in [5, 5.41) is 5.78. The van der Waals surface area contributed by atoms with E-state index >= 15 is 0 Å². The molecule has 2 aromatic heterocycles. The van der Waals surface area contributed by atoms with E-state index in [1.807, 2.05) is 12.1 Å². The van der Waals surface area contributed by atoms with Crippen molar-refractivity contribution in [1.29, 1.82) is 0 Å². The summed E-state index contributed by atoms with van der Waals surface area (Å²) < 4.78 is 1.19. The summed E-state index contributed by atoms with van der Waals surface area (Å²) >= 11 is 1.74. The first kappa shape index (κ1) is 27.3. The summed E-state index contributed by atoms with van der Waals surface area (Å²) in [6.07, 6.45) is 0. The van der Waals surface area contributed by atoms with Crippen LogP contribution in [0.5, 0.6) is 0 Å². The number of hydrogen-bond acceptors (Lipinski definition) is 4. The van der Waals surface area contributed by atoms with E-state index in [1.54, 1.807) is 11.3 Å². The number of benzene rings is 7. The number of aromatic nitrogens is 3. The zero-order valence-electron chi connectivity index (χ0n) is 25.3. The lowest BCUT2D eigenvalue weighted by Crippen LogP contribution is -1.96. The molecule has 0 saturated carbocycles. The second kappa shape index (κ2) is 11.4. The van der Waals surface area contributed by atoms with Gasteiger partial charge < -0.3 is 0 Å². The fourth-order valence-corrected chi connectivity index (χ4v) is 7.25. The molecule has 0 aliphatic rings. The minimum atomic E-state index is 0.701. The molecule has 7 aromatic carbocycles. The molecule has 0 aliphatic carbocycles. The standard InChI is InChI=1S/C43H27N3S/c1-3-11-30(12-4-1)38-27-39(35-21-18-28-10-7-8-15-32(28)24-35)45-42(44-38)36-17-9-16-33(25-36)34-20-19-29-22-23-40-41(37(29)26-34)46-43(47-40)31-13-5-2-6-14-31/h1-27H. The topological polar surface area (TPSA) is 38.7 Å². The lowest BCUT2D eigenvalue weighted by atomic mass is 9.98. The fraction of sp³-hybridized carbons (Fsp3) is 0. The van der Waals surface area contributed by atoms with Gasteiger partial charge in [-0.05, 0) is 57.6 Å². The molecule has 0 unspecified atom stereocenters. The van der Waals surface area contributed by atoms with Crippen LogP contribution in [0.25, 0.3) is 87.4 Å². The maximum absolute atomic E-state index is 5.14. The highest BCUT2D eigenvalue weighted by atomic mass is 32.1. The molecule has 0 saturated heterocycles. The molecule has 9 aromatic rings. The van der Waals surface area contributed by atoms with Crippen molar-refractivity contribution in [2.24, 2.45) is 0 Å². The van der Waals surface area contributed by atoms with Gasteiger partial charge in [0.05, 0.1) is 21.6 Å². The highest BCUT2D eigenvalue weighted by molar-refractivity contribution is 7.21. The fourth-order valence-electron chi connectivity index (χ4n) is 6.26. The van der Waals surface area contributed by atoms with Crippen molar-refractivity contribution in [2.75, 3.05) is 0 Å². The molecule has 0 radical (unpaired) electrons. The molecule has 0 N–H and O–H groups in total. The van der Waals surface area contributed by atoms with Crippen LogP contribution in [0.2, 0.25) is 0 Å². The highest BCUT2D eigenvalue weighted by Crippen LogP contribution is 2.37. The van der Waals surface area contributed by atoms with Crippen molar-refractivity contribution in [1.82, 2.24) is 15.0 Å². The first-order valence-corrected chi connectivity index (χ1v) is 16.5. The van der Waals surface area contributed by atoms with E-state index in [4.69, 9.17) is 15.0 Å². The average Bonchev–Trinajstić information content (AvgIpc) is 3.60. The Labute approximate surface area is 276 Å². The number of nitrogens with zero attached hydrogens (tertiary/aromatic N) is 3. The summed E-state index contributed by atoms with van der Waals surface area (Å²) in [4.78, 5) is 15.3. The van der Waals surface area contributed by atoms with Gasteiger partial charge in [0.25, 0.3) is 0 Å². The molecule has 0 atom stereocenters. The Balaban J connectivity index is 1.16. The van der Waals surface area contributed by atoms with Crippen molar-refractivity contribution < 1.29 is 0 Å². The molecule has 3 nitrogen and oxygen atoms in total. The van der Waals surface area contributed by atoms with Crippen molar-refractivity contribution in [3.63, 3.8) is 0 Å². The second-order valence-electron chi connectivity index (χ2n) is 11.7. The molecule has 0 bridgehead atoms. The van der Waals surface area contributed by atoms with E-state index in [1.165, 1.54) is 20.9 Å². The van der Waals surface area contributed by atoms with Crippen LogP contribution in [-0.4, -0.2) is 15.0 Å². The van der Waals surface area contributed by atoms with E-state index < -0.39 is 0 Å². The third-order valence-electron chi connectivity index (χ3n) is 8.69. The van der Waals surface area contributed by atoms with Crippen LogP contribution in [0.15, 0.2) is 164 Å². The van der Waals surface area contributed by atoms with Gasteiger partial charge in [-0.1, -0.05) is 133 Å². The smallest absolute Gasteiger partial charge is 0.160 e. The van der Waals surface area contributed by atoms with E-state index in [-0.39, 0.29) is 0 Å². The van der Waals surface area contributed by atoms with E-state index in [2.05, 4.69) is 152 Å². The molecule has 47 heavy (non-hydrogen) atoms. The molecule has 0 spiro atoms. The molecule has 9 rings (SSSR count). The van der Waals surface area contributed by atoms with Gasteiger partial charge in [0.1, 0.15) is 5.01 Å². The van der Waals surface area contributed by atoms with Gasteiger partial charge in [0.2, 0.25) is 0 Å². The maximum Gasteiger partial charge on any atom is 0.160 e. The lowest BCUT2D eigenvalue weighted by molar-refractivity contribution is 1.18. The van der Waals surface area contributed by atoms with Crippen LogP contribution in [0.1, 0.15) is 0 Å². The Bertz CT molecular complexity index is 2570. The van der Waals surface area contributed by atoms with Gasteiger partial charge >= 0.3 is 0 Å². The van der Waals surface area contributed by atoms with Crippen LogP contribution in [0.3, 0.4) is 0 Å². The van der Waals surface area contributed by atoms with E-state index in [0.717, 1.165) is 60.7 Å². The van der Waals surface area contributed by atoms with E-state index in [9.17, 15) is 0 Å². The average molecular weight is 618 g/mol. The summed E-state index contributed by atoms with van der Waals surface area (Å²) in [7, 11) is 0. The van der Waals surface area contributed by atoms with Crippen molar-refractivity contribution in [3.8, 4) is 55.6 Å². The van der Waals surface area contributed by atoms with Crippen LogP contribution in [-0.2, 0) is 0 Å². The second-order valence-corrected chi connectivity index (χ2v) is 12.7. The van der Waals surface area contributed by atoms with E-state index in [0.29, 0.717) is 5.82 Å². The van der Waals surface area contributed by atoms with Crippen LogP contribution >= 0.6 is 11.3 Å². The van der Waals surface area contributed by atoms with Gasteiger partial charge in [-0.25, -0.2) is 15.0 Å².